The Hall–Kier alpha value is -0.340. The molecule has 3 unspecified atom stereocenters. The standard InChI is InChI=1S/C17H29NS/c1-3-11-18-17(10-9-16-8-5-12-19-16)15-7-4-6-14(2)13-15/h5,8,12,14-15,17-18H,3-4,6-7,9-11,13H2,1-2H3. The van der Waals surface area contributed by atoms with Crippen molar-refractivity contribution in [1.82, 2.24) is 5.32 Å². The van der Waals surface area contributed by atoms with Crippen LogP contribution in [0.1, 0.15) is 57.2 Å². The first-order chi connectivity index (χ1) is 9.29. The molecule has 1 aliphatic carbocycles. The van der Waals surface area contributed by atoms with Crippen LogP contribution < -0.4 is 5.32 Å². The zero-order valence-corrected chi connectivity index (χ0v) is 13.3. The summed E-state index contributed by atoms with van der Waals surface area (Å²) in [5.74, 6) is 1.85. The first-order valence-electron chi connectivity index (χ1n) is 8.05. The van der Waals surface area contributed by atoms with Crippen LogP contribution in [0.2, 0.25) is 0 Å². The fraction of sp³-hybridized carbons (Fsp3) is 0.765. The summed E-state index contributed by atoms with van der Waals surface area (Å²) in [6.45, 7) is 5.88. The van der Waals surface area contributed by atoms with E-state index < -0.39 is 0 Å². The fourth-order valence-electron chi connectivity index (χ4n) is 3.43. The normalized spacial score (nSPS) is 25.4. The number of nitrogens with one attached hydrogen (secondary N) is 1. The first-order valence-corrected chi connectivity index (χ1v) is 8.93. The molecule has 1 saturated carbocycles. The molecule has 1 fully saturated rings. The zero-order valence-electron chi connectivity index (χ0n) is 12.5. The largest absolute Gasteiger partial charge is 0.314 e. The Bertz CT molecular complexity index is 333. The lowest BCUT2D eigenvalue weighted by molar-refractivity contribution is 0.215. The van der Waals surface area contributed by atoms with Gasteiger partial charge < -0.3 is 5.32 Å². The van der Waals surface area contributed by atoms with E-state index >= 15 is 0 Å². The molecule has 1 aromatic rings. The summed E-state index contributed by atoms with van der Waals surface area (Å²) >= 11 is 1.91. The lowest BCUT2D eigenvalue weighted by Crippen LogP contribution is -2.39. The monoisotopic (exact) mass is 279 g/mol. The van der Waals surface area contributed by atoms with E-state index in [0.29, 0.717) is 0 Å². The topological polar surface area (TPSA) is 12.0 Å². The first kappa shape index (κ1) is 15.1. The van der Waals surface area contributed by atoms with Crippen molar-refractivity contribution in [1.29, 1.82) is 0 Å². The average molecular weight is 279 g/mol. The number of aryl methyl sites for hydroxylation is 1. The second-order valence-corrected chi connectivity index (χ2v) is 7.24. The van der Waals surface area contributed by atoms with Crippen molar-refractivity contribution >= 4 is 11.3 Å². The summed E-state index contributed by atoms with van der Waals surface area (Å²) in [4.78, 5) is 1.55. The van der Waals surface area contributed by atoms with Gasteiger partial charge in [0, 0.05) is 10.9 Å². The van der Waals surface area contributed by atoms with Gasteiger partial charge in [-0.05, 0) is 61.9 Å². The molecule has 0 aromatic carbocycles. The predicted molar refractivity (Wildman–Crippen MR) is 85.8 cm³/mol. The lowest BCUT2D eigenvalue weighted by atomic mass is 9.77. The third-order valence-corrected chi connectivity index (χ3v) is 5.42. The van der Waals surface area contributed by atoms with E-state index in [-0.39, 0.29) is 0 Å². The molecule has 2 rings (SSSR count). The van der Waals surface area contributed by atoms with Crippen LogP contribution >= 0.6 is 11.3 Å². The Balaban J connectivity index is 1.86. The Kier molecular flexibility index (Phi) is 6.39. The van der Waals surface area contributed by atoms with Crippen molar-refractivity contribution in [2.45, 2.75) is 64.8 Å². The maximum atomic E-state index is 3.83. The van der Waals surface area contributed by atoms with Gasteiger partial charge in [-0.1, -0.05) is 32.8 Å². The van der Waals surface area contributed by atoms with Crippen LogP contribution in [0.5, 0.6) is 0 Å². The molecule has 1 nitrogen and oxygen atoms in total. The van der Waals surface area contributed by atoms with Gasteiger partial charge >= 0.3 is 0 Å². The smallest absolute Gasteiger partial charge is 0.00988 e. The zero-order chi connectivity index (χ0) is 13.5. The summed E-state index contributed by atoms with van der Waals surface area (Å²) in [5, 5.41) is 6.03. The molecule has 0 bridgehead atoms. The van der Waals surface area contributed by atoms with E-state index in [1.807, 2.05) is 11.3 Å². The molecule has 0 amide bonds. The Morgan fingerprint density at radius 3 is 3.00 bits per heavy atom. The minimum atomic E-state index is 0.741. The average Bonchev–Trinajstić information content (AvgIpc) is 2.92. The molecule has 0 spiro atoms. The van der Waals surface area contributed by atoms with Crippen LogP contribution in [0.4, 0.5) is 0 Å². The van der Waals surface area contributed by atoms with Crippen LogP contribution in [0, 0.1) is 11.8 Å². The van der Waals surface area contributed by atoms with Gasteiger partial charge in [0.15, 0.2) is 0 Å². The number of rotatable bonds is 7. The van der Waals surface area contributed by atoms with Gasteiger partial charge in [0.05, 0.1) is 0 Å². The quantitative estimate of drug-likeness (QED) is 0.750. The predicted octanol–water partition coefficient (Wildman–Crippen LogP) is 4.88. The minimum absolute atomic E-state index is 0.741. The van der Waals surface area contributed by atoms with Crippen molar-refractivity contribution in [2.75, 3.05) is 6.54 Å². The third kappa shape index (κ3) is 4.92. The van der Waals surface area contributed by atoms with Crippen LogP contribution in [0.3, 0.4) is 0 Å². The molecule has 108 valence electrons. The molecule has 2 heteroatoms. The van der Waals surface area contributed by atoms with Crippen molar-refractivity contribution in [3.63, 3.8) is 0 Å². The van der Waals surface area contributed by atoms with Crippen LogP contribution in [-0.2, 0) is 6.42 Å². The maximum Gasteiger partial charge on any atom is 0.00988 e. The van der Waals surface area contributed by atoms with Gasteiger partial charge in [-0.3, -0.25) is 0 Å². The summed E-state index contributed by atoms with van der Waals surface area (Å²) in [6, 6.07) is 5.20. The van der Waals surface area contributed by atoms with E-state index in [1.54, 1.807) is 4.88 Å². The molecular weight excluding hydrogens is 250 g/mol. The van der Waals surface area contributed by atoms with E-state index in [4.69, 9.17) is 0 Å². The highest BCUT2D eigenvalue weighted by atomic mass is 32.1. The van der Waals surface area contributed by atoms with Crippen LogP contribution in [-0.4, -0.2) is 12.6 Å². The van der Waals surface area contributed by atoms with Crippen molar-refractivity contribution < 1.29 is 0 Å². The Morgan fingerprint density at radius 1 is 1.42 bits per heavy atom. The molecule has 1 aromatic heterocycles. The Labute approximate surface area is 122 Å². The van der Waals surface area contributed by atoms with Gasteiger partial charge in [0.1, 0.15) is 0 Å². The highest BCUT2D eigenvalue weighted by Crippen LogP contribution is 2.32. The van der Waals surface area contributed by atoms with Gasteiger partial charge in [0.25, 0.3) is 0 Å². The summed E-state index contributed by atoms with van der Waals surface area (Å²) in [5.41, 5.74) is 0. The fourth-order valence-corrected chi connectivity index (χ4v) is 4.16. The molecule has 3 atom stereocenters. The van der Waals surface area contributed by atoms with Crippen LogP contribution in [0.25, 0.3) is 0 Å². The third-order valence-electron chi connectivity index (χ3n) is 4.48. The number of thiophene rings is 1. The molecule has 0 aliphatic heterocycles. The molecular formula is C17H29NS. The van der Waals surface area contributed by atoms with E-state index in [9.17, 15) is 0 Å². The highest BCUT2D eigenvalue weighted by molar-refractivity contribution is 7.09. The van der Waals surface area contributed by atoms with Gasteiger partial charge in [-0.2, -0.15) is 0 Å². The molecule has 1 aliphatic rings. The summed E-state index contributed by atoms with van der Waals surface area (Å²) in [6.07, 6.45) is 9.58. The Morgan fingerprint density at radius 2 is 2.32 bits per heavy atom. The summed E-state index contributed by atoms with van der Waals surface area (Å²) in [7, 11) is 0. The minimum Gasteiger partial charge on any atom is -0.314 e. The van der Waals surface area contributed by atoms with Gasteiger partial charge in [-0.15, -0.1) is 11.3 Å². The highest BCUT2D eigenvalue weighted by Gasteiger charge is 2.26. The van der Waals surface area contributed by atoms with Gasteiger partial charge in [-0.25, -0.2) is 0 Å². The van der Waals surface area contributed by atoms with Crippen molar-refractivity contribution in [3.8, 4) is 0 Å². The second kappa shape index (κ2) is 8.06. The van der Waals surface area contributed by atoms with Gasteiger partial charge in [0.2, 0.25) is 0 Å². The summed E-state index contributed by atoms with van der Waals surface area (Å²) < 4.78 is 0. The molecule has 1 N–H and O–H groups in total. The molecule has 0 radical (unpaired) electrons. The van der Waals surface area contributed by atoms with Crippen LogP contribution in [0.15, 0.2) is 17.5 Å². The molecule has 0 saturated heterocycles. The van der Waals surface area contributed by atoms with E-state index in [1.165, 1.54) is 51.5 Å². The van der Waals surface area contributed by atoms with Crippen molar-refractivity contribution in [2.24, 2.45) is 11.8 Å². The lowest BCUT2D eigenvalue weighted by Gasteiger charge is -2.34. The van der Waals surface area contributed by atoms with Crippen molar-refractivity contribution in [3.05, 3.63) is 22.4 Å². The van der Waals surface area contributed by atoms with E-state index in [0.717, 1.165) is 17.9 Å². The SMILES string of the molecule is CCCNC(CCc1cccs1)C1CCCC(C)C1. The van der Waals surface area contributed by atoms with E-state index in [2.05, 4.69) is 36.7 Å². The molecule has 1 heterocycles. The molecule has 19 heavy (non-hydrogen) atoms. The number of hydrogen-bond donors (Lipinski definition) is 1. The number of hydrogen-bond acceptors (Lipinski definition) is 2. The second-order valence-electron chi connectivity index (χ2n) is 6.21. The maximum absolute atomic E-state index is 3.83.